The highest BCUT2D eigenvalue weighted by Crippen LogP contribution is 2.13. The third-order valence-electron chi connectivity index (χ3n) is 17.6. The number of nitrogens with zero attached hydrogens (tertiary/aromatic N) is 4. The Labute approximate surface area is 712 Å². The van der Waals surface area contributed by atoms with Crippen LogP contribution in [-0.2, 0) is 71.9 Å². The fraction of sp³-hybridized carbons (Fsp3) is 0.721. The molecule has 52 heteroatoms. The molecule has 0 saturated carbocycles. The zero-order valence-corrected chi connectivity index (χ0v) is 70.4. The first-order valence-corrected chi connectivity index (χ1v) is 41.1. The minimum absolute atomic E-state index is 0.00503. The molecule has 0 bridgehead atoms. The molecule has 0 saturated heterocycles. The van der Waals surface area contributed by atoms with E-state index in [2.05, 4.69) is 132 Å². The van der Waals surface area contributed by atoms with Gasteiger partial charge < -0.3 is 164 Å². The Balaban J connectivity index is 7.04. The van der Waals surface area contributed by atoms with E-state index in [1.807, 2.05) is 0 Å². The van der Waals surface area contributed by atoms with Crippen molar-refractivity contribution >= 4 is 150 Å². The van der Waals surface area contributed by atoms with Crippen molar-refractivity contribution in [3.05, 3.63) is 0 Å². The molecule has 0 aromatic carbocycles. The standard InChI is InChI=1S/C68H131N31O18S3/c1-36(101)51(99-59(111)45(32-100)95-61(113)47(34-119)96-54(106)38(14-2-6-22-69)87-49(102)30-73)63(115)93-37(18-10-26-82-65(74)75)52(104)86-31-50(103)88-39(19-11-27-83-66(76)77)53(105)89-41(16-4-8-24-71)58(110)97-48(35-120)62(114)98-46(33-118)60(112)92-43(21-13-29-85-68(80)81)56(108)91-42(20-12-28-84-67(78)79)55(107)90-40(15-3-7-23-70)57(109)94-44(64(116)117)17-5-9-25-72/h36-48,51,100-101,118-120H,2-35,69-73H2,1H3,(H,86,104)(H,87,102)(H,88,103)(H,89,105)(H,90,107)(H,91,108)(H,92,112)(H,93,115)(H,94,109)(H,95,113)(H,96,106)(H,97,110)(H,98,114)(H,99,111)(H,116,117)(H4,74,75,82)(H4,76,77,83)(H4,78,79,84)(H4,80,81,85). The normalized spacial score (nSPS) is 14.4. The Hall–Kier alpha value is -10.1. The number of rotatable bonds is 66. The lowest BCUT2D eigenvalue weighted by Gasteiger charge is -2.27. The lowest BCUT2D eigenvalue weighted by atomic mass is 10.0. The van der Waals surface area contributed by atoms with Gasteiger partial charge in [0.15, 0.2) is 23.8 Å². The summed E-state index contributed by atoms with van der Waals surface area (Å²) in [6.07, 6.45) is 0.596. The van der Waals surface area contributed by atoms with Crippen molar-refractivity contribution in [1.82, 2.24) is 74.4 Å². The van der Waals surface area contributed by atoms with Crippen LogP contribution in [0.15, 0.2) is 20.0 Å². The Kier molecular flexibility index (Phi) is 58.5. The number of nitrogens with two attached hydrogens (primary N) is 13. The van der Waals surface area contributed by atoms with Crippen LogP contribution >= 0.6 is 37.9 Å². The first-order valence-electron chi connectivity index (χ1n) is 39.2. The number of amides is 14. The molecular weight excluding hydrogens is 1640 g/mol. The van der Waals surface area contributed by atoms with Gasteiger partial charge in [-0.05, 0) is 162 Å². The zero-order valence-electron chi connectivity index (χ0n) is 67.7. The van der Waals surface area contributed by atoms with E-state index in [1.54, 1.807) is 0 Å². The highest BCUT2D eigenvalue weighted by Gasteiger charge is 2.38. The summed E-state index contributed by atoms with van der Waals surface area (Å²) in [6.45, 7) is -0.680. The van der Waals surface area contributed by atoms with Gasteiger partial charge in [-0.3, -0.25) is 87.1 Å². The van der Waals surface area contributed by atoms with Crippen molar-refractivity contribution in [2.75, 3.05) is 89.3 Å². The molecule has 0 spiro atoms. The number of aliphatic imine (C=N–C) groups is 4. The number of carboxylic acids is 1. The maximum Gasteiger partial charge on any atom is 0.326 e. The van der Waals surface area contributed by atoms with E-state index in [0.717, 1.165) is 6.92 Å². The monoisotopic (exact) mass is 1770 g/mol. The predicted octanol–water partition coefficient (Wildman–Crippen LogP) is -13.7. The summed E-state index contributed by atoms with van der Waals surface area (Å²) < 4.78 is 0. The van der Waals surface area contributed by atoms with Crippen LogP contribution in [0.25, 0.3) is 0 Å². The molecule has 0 rings (SSSR count). The van der Waals surface area contributed by atoms with E-state index < -0.39 is 205 Å². The molecule has 14 atom stereocenters. The largest absolute Gasteiger partial charge is 0.480 e. The molecule has 14 amide bonds. The lowest BCUT2D eigenvalue weighted by Crippen LogP contribution is -2.62. The van der Waals surface area contributed by atoms with Crippen LogP contribution in [0.5, 0.6) is 0 Å². The van der Waals surface area contributed by atoms with Gasteiger partial charge in [0.2, 0.25) is 82.7 Å². The van der Waals surface area contributed by atoms with Gasteiger partial charge in [-0.15, -0.1) is 0 Å². The van der Waals surface area contributed by atoms with Crippen LogP contribution in [0.1, 0.15) is 135 Å². The summed E-state index contributed by atoms with van der Waals surface area (Å²) in [5, 5.41) is 65.3. The van der Waals surface area contributed by atoms with Crippen LogP contribution in [-0.4, -0.2) is 302 Å². The number of carboxylic acid groups (broad SMARTS) is 1. The van der Waals surface area contributed by atoms with Gasteiger partial charge in [0.1, 0.15) is 78.5 Å². The molecule has 0 aromatic heterocycles. The number of aliphatic carboxylic acids is 1. The molecule has 0 aliphatic carbocycles. The topological polar surface area (TPSA) is 873 Å². The Bertz CT molecular complexity index is 3360. The van der Waals surface area contributed by atoms with E-state index in [0.29, 0.717) is 44.9 Å². The average Bonchev–Trinajstić information content (AvgIpc) is 0.867. The maximum absolute atomic E-state index is 14.5. The molecule has 0 radical (unpaired) electrons. The second-order valence-electron chi connectivity index (χ2n) is 27.5. The van der Waals surface area contributed by atoms with Crippen molar-refractivity contribution in [2.24, 2.45) is 94.5 Å². The lowest BCUT2D eigenvalue weighted by molar-refractivity contribution is -0.142. The van der Waals surface area contributed by atoms with Gasteiger partial charge in [-0.2, -0.15) is 37.9 Å². The summed E-state index contributed by atoms with van der Waals surface area (Å²) in [4.78, 5) is 222. The number of aliphatic hydroxyl groups excluding tert-OH is 2. The Morgan fingerprint density at radius 2 is 0.533 bits per heavy atom. The maximum atomic E-state index is 14.5. The quantitative estimate of drug-likeness (QED) is 0.0116. The number of thiol groups is 3. The molecule has 14 unspecified atom stereocenters. The van der Waals surface area contributed by atoms with E-state index in [9.17, 15) is 87.2 Å². The minimum Gasteiger partial charge on any atom is -0.480 e. The fourth-order valence-corrected chi connectivity index (χ4v) is 11.8. The summed E-state index contributed by atoms with van der Waals surface area (Å²) >= 11 is 12.7. The molecule has 0 heterocycles. The third-order valence-corrected chi connectivity index (χ3v) is 18.7. The number of aliphatic hydroxyl groups is 2. The predicted molar refractivity (Wildman–Crippen MR) is 456 cm³/mol. The third kappa shape index (κ3) is 47.6. The highest BCUT2D eigenvalue weighted by atomic mass is 32.1. The molecule has 0 aliphatic rings. The highest BCUT2D eigenvalue weighted by molar-refractivity contribution is 7.80. The van der Waals surface area contributed by atoms with Crippen LogP contribution in [0.3, 0.4) is 0 Å². The number of carbonyl (C=O) groups is 15. The molecular formula is C68H131N31O18S3. The number of guanidine groups is 4. The molecule has 684 valence electrons. The van der Waals surface area contributed by atoms with Gasteiger partial charge in [0, 0.05) is 43.4 Å². The van der Waals surface area contributed by atoms with Crippen LogP contribution in [0.2, 0.25) is 0 Å². The number of nitrogens with one attached hydrogen (secondary N) is 14. The fourth-order valence-electron chi connectivity index (χ4n) is 11.1. The van der Waals surface area contributed by atoms with E-state index in [1.165, 1.54) is 0 Å². The number of hydrogen-bond donors (Lipinski definition) is 33. The van der Waals surface area contributed by atoms with Crippen molar-refractivity contribution in [1.29, 1.82) is 0 Å². The summed E-state index contributed by atoms with van der Waals surface area (Å²) in [7, 11) is 0. The van der Waals surface area contributed by atoms with Crippen LogP contribution in [0, 0.1) is 0 Å². The van der Waals surface area contributed by atoms with E-state index in [4.69, 9.17) is 74.5 Å². The molecule has 120 heavy (non-hydrogen) atoms. The average molecular weight is 1770 g/mol. The van der Waals surface area contributed by atoms with Crippen LogP contribution in [0.4, 0.5) is 0 Å². The van der Waals surface area contributed by atoms with Gasteiger partial charge in [0.25, 0.3) is 0 Å². The van der Waals surface area contributed by atoms with Gasteiger partial charge >= 0.3 is 5.97 Å². The van der Waals surface area contributed by atoms with Gasteiger partial charge in [-0.25, -0.2) is 4.79 Å². The smallest absolute Gasteiger partial charge is 0.326 e. The summed E-state index contributed by atoms with van der Waals surface area (Å²) in [5.41, 5.74) is 72.3. The first-order chi connectivity index (χ1) is 56.9. The van der Waals surface area contributed by atoms with Crippen molar-refractivity contribution < 1.29 is 87.2 Å². The second-order valence-corrected chi connectivity index (χ2v) is 28.6. The van der Waals surface area contributed by atoms with Gasteiger partial charge in [0.05, 0.1) is 25.8 Å². The second kappa shape index (κ2) is 63.9. The molecule has 0 fully saturated rings. The first kappa shape index (κ1) is 110. The zero-order chi connectivity index (χ0) is 90.8. The summed E-state index contributed by atoms with van der Waals surface area (Å²) in [5.74, 6) is -17.4. The van der Waals surface area contributed by atoms with Crippen molar-refractivity contribution in [2.45, 2.75) is 220 Å². The molecule has 43 N–H and O–H groups in total. The van der Waals surface area contributed by atoms with Crippen LogP contribution < -0.4 is 149 Å². The molecule has 49 nitrogen and oxygen atoms in total. The number of hydrogen-bond acceptors (Lipinski definition) is 29. The Morgan fingerprint density at radius 1 is 0.300 bits per heavy atom. The minimum atomic E-state index is -1.91. The van der Waals surface area contributed by atoms with E-state index >= 15 is 0 Å². The number of carbonyl (C=O) groups excluding carboxylic acids is 14. The SMILES string of the molecule is CC(O)C(NC(=O)C(CO)NC(=O)C(CS)NC(=O)C(CCCCN)NC(=O)CN)C(=O)NC(CCCN=C(N)N)C(=O)NCC(=O)NC(CCCN=C(N)N)C(=O)NC(CCCCN)C(=O)NC(CS)C(=O)NC(CS)C(=O)NC(CCCN=C(N)N)C(=O)NC(CCCN=C(N)N)C(=O)NC(CCCCN)C(=O)NC(CCCCN)C(=O)O. The van der Waals surface area contributed by atoms with Crippen molar-refractivity contribution in [3.8, 4) is 0 Å². The summed E-state index contributed by atoms with van der Waals surface area (Å²) in [6, 6.07) is -19.7. The molecule has 0 aliphatic heterocycles. The van der Waals surface area contributed by atoms with E-state index in [-0.39, 0.29) is 165 Å². The van der Waals surface area contributed by atoms with Gasteiger partial charge in [-0.1, -0.05) is 0 Å². The van der Waals surface area contributed by atoms with Crippen molar-refractivity contribution in [3.63, 3.8) is 0 Å². The molecule has 0 aromatic rings. The Morgan fingerprint density at radius 3 is 0.800 bits per heavy atom. The number of unbranched alkanes of at least 4 members (excludes halogenated alkanes) is 4.